The monoisotopic (exact) mass is 276 g/mol. The summed E-state index contributed by atoms with van der Waals surface area (Å²) in [6.07, 6.45) is 0.849. The Labute approximate surface area is 113 Å². The number of hydrogen-bond donors (Lipinski definition) is 0. The fraction of sp³-hybridized carbons (Fsp3) is 0.0769. The van der Waals surface area contributed by atoms with Gasteiger partial charge in [-0.1, -0.05) is 23.7 Å². The van der Waals surface area contributed by atoms with Crippen molar-refractivity contribution >= 4 is 34.2 Å². The predicted octanol–water partition coefficient (Wildman–Crippen LogP) is 3.84. The summed E-state index contributed by atoms with van der Waals surface area (Å²) in [5.74, 6) is 0. The molecule has 0 aliphatic rings. The molecule has 5 heteroatoms. The van der Waals surface area contributed by atoms with Crippen molar-refractivity contribution in [2.75, 3.05) is 0 Å². The van der Waals surface area contributed by atoms with Crippen LogP contribution in [0.25, 0.3) is 16.2 Å². The molecule has 18 heavy (non-hydrogen) atoms. The Morgan fingerprint density at radius 3 is 2.72 bits per heavy atom. The molecular formula is C13H9ClN2OS. The van der Waals surface area contributed by atoms with Crippen molar-refractivity contribution in [3.8, 4) is 11.3 Å². The van der Waals surface area contributed by atoms with E-state index < -0.39 is 0 Å². The van der Waals surface area contributed by atoms with Crippen LogP contribution in [-0.4, -0.2) is 15.7 Å². The van der Waals surface area contributed by atoms with Crippen LogP contribution in [0.2, 0.25) is 5.02 Å². The summed E-state index contributed by atoms with van der Waals surface area (Å²) in [5.41, 5.74) is 3.35. The van der Waals surface area contributed by atoms with Gasteiger partial charge < -0.3 is 0 Å². The molecule has 0 bridgehead atoms. The molecule has 0 saturated carbocycles. The minimum atomic E-state index is 0.608. The van der Waals surface area contributed by atoms with E-state index in [1.807, 2.05) is 41.0 Å². The molecule has 0 saturated heterocycles. The molecule has 0 aliphatic heterocycles. The number of fused-ring (bicyclic) bond motifs is 1. The van der Waals surface area contributed by atoms with Crippen molar-refractivity contribution in [2.24, 2.45) is 0 Å². The Morgan fingerprint density at radius 1 is 1.33 bits per heavy atom. The van der Waals surface area contributed by atoms with Crippen LogP contribution in [0.15, 0.2) is 29.6 Å². The molecule has 0 fully saturated rings. The average Bonchev–Trinajstić information content (AvgIpc) is 2.88. The largest absolute Gasteiger partial charge is 0.296 e. The van der Waals surface area contributed by atoms with Gasteiger partial charge in [-0.3, -0.25) is 9.20 Å². The summed E-state index contributed by atoms with van der Waals surface area (Å²) >= 11 is 7.40. The van der Waals surface area contributed by atoms with Crippen molar-refractivity contribution in [2.45, 2.75) is 6.92 Å². The number of aldehydes is 1. The van der Waals surface area contributed by atoms with Crippen LogP contribution in [0.4, 0.5) is 0 Å². The number of benzene rings is 1. The van der Waals surface area contributed by atoms with Crippen LogP contribution in [0, 0.1) is 6.92 Å². The molecule has 3 nitrogen and oxygen atoms in total. The molecule has 0 amide bonds. The van der Waals surface area contributed by atoms with Gasteiger partial charge in [-0.15, -0.1) is 11.3 Å². The number of imidazole rings is 1. The molecule has 3 aromatic rings. The van der Waals surface area contributed by atoms with E-state index in [0.29, 0.717) is 10.7 Å². The second-order valence-electron chi connectivity index (χ2n) is 3.95. The van der Waals surface area contributed by atoms with E-state index in [1.165, 1.54) is 11.3 Å². The van der Waals surface area contributed by atoms with Crippen LogP contribution < -0.4 is 0 Å². The lowest BCUT2D eigenvalue weighted by molar-refractivity contribution is 0.111. The second kappa shape index (κ2) is 4.23. The van der Waals surface area contributed by atoms with Gasteiger partial charge in [0.25, 0.3) is 0 Å². The molecule has 1 aromatic carbocycles. The molecule has 0 atom stereocenters. The number of carbonyl (C=O) groups is 1. The lowest BCUT2D eigenvalue weighted by atomic mass is 10.2. The quantitative estimate of drug-likeness (QED) is 0.667. The average molecular weight is 277 g/mol. The van der Waals surface area contributed by atoms with Crippen molar-refractivity contribution in [3.05, 3.63) is 46.1 Å². The van der Waals surface area contributed by atoms with Gasteiger partial charge >= 0.3 is 0 Å². The maximum absolute atomic E-state index is 11.2. The summed E-state index contributed by atoms with van der Waals surface area (Å²) in [5, 5.41) is 2.69. The summed E-state index contributed by atoms with van der Waals surface area (Å²) in [6.45, 7) is 1.84. The van der Waals surface area contributed by atoms with Crippen molar-refractivity contribution in [1.82, 2.24) is 9.38 Å². The van der Waals surface area contributed by atoms with Crippen molar-refractivity contribution < 1.29 is 4.79 Å². The van der Waals surface area contributed by atoms with E-state index in [-0.39, 0.29) is 0 Å². The standard InChI is InChI=1S/C13H9ClN2OS/c1-8-11(6-17)16-12(7-18-13(16)15-8)9-2-4-10(14)5-3-9/h2-7H,1H3. The molecule has 2 heterocycles. The molecule has 0 spiro atoms. The van der Waals surface area contributed by atoms with Gasteiger partial charge in [0.05, 0.1) is 11.4 Å². The first-order valence-electron chi connectivity index (χ1n) is 5.38. The second-order valence-corrected chi connectivity index (χ2v) is 5.22. The first-order chi connectivity index (χ1) is 8.70. The van der Waals surface area contributed by atoms with Gasteiger partial charge in [-0.2, -0.15) is 0 Å². The number of nitrogens with zero attached hydrogens (tertiary/aromatic N) is 2. The van der Waals surface area contributed by atoms with Gasteiger partial charge in [0.15, 0.2) is 11.2 Å². The lowest BCUT2D eigenvalue weighted by Gasteiger charge is -2.01. The maximum Gasteiger partial charge on any atom is 0.194 e. The van der Waals surface area contributed by atoms with E-state index in [2.05, 4.69) is 4.98 Å². The highest BCUT2D eigenvalue weighted by molar-refractivity contribution is 7.15. The Bertz CT molecular complexity index is 727. The third-order valence-corrected chi connectivity index (χ3v) is 3.91. The van der Waals surface area contributed by atoms with Crippen LogP contribution in [-0.2, 0) is 0 Å². The third-order valence-electron chi connectivity index (χ3n) is 2.83. The zero-order valence-electron chi connectivity index (χ0n) is 9.55. The van der Waals surface area contributed by atoms with Gasteiger partial charge in [0.1, 0.15) is 5.69 Å². The van der Waals surface area contributed by atoms with Gasteiger partial charge in [-0.05, 0) is 24.6 Å². The van der Waals surface area contributed by atoms with E-state index in [9.17, 15) is 4.79 Å². The SMILES string of the molecule is Cc1nc2scc(-c3ccc(Cl)cc3)n2c1C=O. The lowest BCUT2D eigenvalue weighted by Crippen LogP contribution is -1.93. The number of carbonyl (C=O) groups excluding carboxylic acids is 1. The summed E-state index contributed by atoms with van der Waals surface area (Å²) in [7, 11) is 0. The molecule has 0 aliphatic carbocycles. The smallest absolute Gasteiger partial charge is 0.194 e. The summed E-state index contributed by atoms with van der Waals surface area (Å²) in [4.78, 5) is 16.4. The topological polar surface area (TPSA) is 34.4 Å². The van der Waals surface area contributed by atoms with Gasteiger partial charge in [0, 0.05) is 10.4 Å². The Balaban J connectivity index is 2.29. The number of hydrogen-bond acceptors (Lipinski definition) is 3. The first kappa shape index (κ1) is 11.4. The fourth-order valence-electron chi connectivity index (χ4n) is 1.94. The third kappa shape index (κ3) is 1.65. The van der Waals surface area contributed by atoms with Gasteiger partial charge in [-0.25, -0.2) is 4.98 Å². The highest BCUT2D eigenvalue weighted by Crippen LogP contribution is 2.28. The fourth-order valence-corrected chi connectivity index (χ4v) is 3.02. The van der Waals surface area contributed by atoms with E-state index in [1.54, 1.807) is 0 Å². The van der Waals surface area contributed by atoms with E-state index >= 15 is 0 Å². The summed E-state index contributed by atoms with van der Waals surface area (Å²) in [6, 6.07) is 7.55. The van der Waals surface area contributed by atoms with E-state index in [0.717, 1.165) is 28.2 Å². The zero-order chi connectivity index (χ0) is 12.7. The molecule has 0 unspecified atom stereocenters. The molecule has 2 aromatic heterocycles. The predicted molar refractivity (Wildman–Crippen MR) is 73.6 cm³/mol. The van der Waals surface area contributed by atoms with Crippen LogP contribution >= 0.6 is 22.9 Å². The molecule has 3 rings (SSSR count). The molecule has 0 N–H and O–H groups in total. The van der Waals surface area contributed by atoms with Crippen molar-refractivity contribution in [3.63, 3.8) is 0 Å². The van der Waals surface area contributed by atoms with Crippen LogP contribution in [0.1, 0.15) is 16.2 Å². The number of rotatable bonds is 2. The summed E-state index contributed by atoms with van der Waals surface area (Å²) < 4.78 is 1.89. The Kier molecular flexibility index (Phi) is 2.69. The maximum atomic E-state index is 11.2. The highest BCUT2D eigenvalue weighted by atomic mass is 35.5. The number of aromatic nitrogens is 2. The number of aryl methyl sites for hydroxylation is 1. The zero-order valence-corrected chi connectivity index (χ0v) is 11.1. The first-order valence-corrected chi connectivity index (χ1v) is 6.64. The van der Waals surface area contributed by atoms with E-state index in [4.69, 9.17) is 11.6 Å². The Hall–Kier alpha value is -1.65. The normalized spacial score (nSPS) is 11.0. The van der Waals surface area contributed by atoms with Crippen LogP contribution in [0.3, 0.4) is 0 Å². The Morgan fingerprint density at radius 2 is 2.06 bits per heavy atom. The minimum Gasteiger partial charge on any atom is -0.296 e. The van der Waals surface area contributed by atoms with Crippen LogP contribution in [0.5, 0.6) is 0 Å². The number of halogens is 1. The van der Waals surface area contributed by atoms with Gasteiger partial charge in [0.2, 0.25) is 0 Å². The minimum absolute atomic E-state index is 0.608. The van der Waals surface area contributed by atoms with Crippen molar-refractivity contribution in [1.29, 1.82) is 0 Å². The highest BCUT2D eigenvalue weighted by Gasteiger charge is 2.14. The number of thiazole rings is 1. The molecular weight excluding hydrogens is 268 g/mol. The molecule has 0 radical (unpaired) electrons. The molecule has 90 valence electrons.